The Labute approximate surface area is 113 Å². The van der Waals surface area contributed by atoms with Crippen LogP contribution in [0.3, 0.4) is 0 Å². The van der Waals surface area contributed by atoms with Crippen molar-refractivity contribution in [2.24, 2.45) is 5.73 Å². The molecule has 3 nitrogen and oxygen atoms in total. The maximum absolute atomic E-state index is 13.5. The molecule has 0 aliphatic rings. The van der Waals surface area contributed by atoms with Crippen molar-refractivity contribution >= 4 is 11.0 Å². The molecule has 0 saturated carbocycles. The lowest BCUT2D eigenvalue weighted by Gasteiger charge is -2.26. The predicted molar refractivity (Wildman–Crippen MR) is 76.7 cm³/mol. The molecule has 2 aromatic rings. The summed E-state index contributed by atoms with van der Waals surface area (Å²) in [5.41, 5.74) is 7.49. The topological polar surface area (TPSA) is 43.8 Å². The number of hydrogen-bond acceptors (Lipinski definition) is 2. The first kappa shape index (κ1) is 14.0. The molecule has 1 aromatic heterocycles. The van der Waals surface area contributed by atoms with E-state index in [1.54, 1.807) is 12.1 Å². The van der Waals surface area contributed by atoms with Crippen LogP contribution in [0.15, 0.2) is 18.2 Å². The molecule has 0 aliphatic heterocycles. The van der Waals surface area contributed by atoms with E-state index in [2.05, 4.69) is 25.3 Å². The highest BCUT2D eigenvalue weighted by Gasteiger charge is 2.29. The fourth-order valence-electron chi connectivity index (χ4n) is 2.40. The summed E-state index contributed by atoms with van der Waals surface area (Å²) in [7, 11) is 0. The minimum atomic E-state index is -0.220. The SMILES string of the molecule is CCCn1c(C(C)(CC)CN)nc2ccc(F)cc21. The van der Waals surface area contributed by atoms with Crippen molar-refractivity contribution < 1.29 is 4.39 Å². The number of aryl methyl sites for hydroxylation is 1. The molecular formula is C15H22FN3. The fraction of sp³-hybridized carbons (Fsp3) is 0.533. The van der Waals surface area contributed by atoms with Gasteiger partial charge in [-0.2, -0.15) is 0 Å². The molecule has 0 radical (unpaired) electrons. The summed E-state index contributed by atoms with van der Waals surface area (Å²) < 4.78 is 15.6. The lowest BCUT2D eigenvalue weighted by Crippen LogP contribution is -2.34. The highest BCUT2D eigenvalue weighted by molar-refractivity contribution is 5.76. The minimum absolute atomic E-state index is 0.162. The third-order valence-corrected chi connectivity index (χ3v) is 3.93. The standard InChI is InChI=1S/C15H22FN3/c1-4-8-19-13-9-11(16)6-7-12(13)18-14(19)15(3,5-2)10-17/h6-7,9H,4-5,8,10,17H2,1-3H3. The van der Waals surface area contributed by atoms with Crippen molar-refractivity contribution in [1.29, 1.82) is 0 Å². The third kappa shape index (κ3) is 2.37. The first-order chi connectivity index (χ1) is 9.05. The number of nitrogens with two attached hydrogens (primary N) is 1. The molecule has 4 heteroatoms. The van der Waals surface area contributed by atoms with E-state index in [-0.39, 0.29) is 11.2 Å². The zero-order valence-corrected chi connectivity index (χ0v) is 11.9. The molecule has 104 valence electrons. The summed E-state index contributed by atoms with van der Waals surface area (Å²) >= 11 is 0. The highest BCUT2D eigenvalue weighted by atomic mass is 19.1. The average Bonchev–Trinajstić information content (AvgIpc) is 2.77. The first-order valence-corrected chi connectivity index (χ1v) is 6.92. The Hall–Kier alpha value is -1.42. The van der Waals surface area contributed by atoms with E-state index in [1.807, 2.05) is 0 Å². The Kier molecular flexibility index (Phi) is 3.90. The Balaban J connectivity index is 2.69. The molecule has 0 saturated heterocycles. The Morgan fingerprint density at radius 1 is 1.37 bits per heavy atom. The summed E-state index contributed by atoms with van der Waals surface area (Å²) in [6.07, 6.45) is 1.90. The van der Waals surface area contributed by atoms with E-state index in [0.717, 1.165) is 36.2 Å². The van der Waals surface area contributed by atoms with Crippen molar-refractivity contribution in [1.82, 2.24) is 9.55 Å². The highest BCUT2D eigenvalue weighted by Crippen LogP contribution is 2.29. The summed E-state index contributed by atoms with van der Waals surface area (Å²) in [6, 6.07) is 4.77. The third-order valence-electron chi connectivity index (χ3n) is 3.93. The monoisotopic (exact) mass is 263 g/mol. The number of fused-ring (bicyclic) bond motifs is 1. The largest absolute Gasteiger partial charge is 0.329 e. The second-order valence-electron chi connectivity index (χ2n) is 5.34. The molecule has 1 aromatic carbocycles. The molecule has 0 bridgehead atoms. The maximum atomic E-state index is 13.5. The van der Waals surface area contributed by atoms with Gasteiger partial charge in [-0.25, -0.2) is 9.37 Å². The summed E-state index contributed by atoms with van der Waals surface area (Å²) in [6.45, 7) is 7.73. The molecule has 0 aliphatic carbocycles. The molecule has 0 spiro atoms. The van der Waals surface area contributed by atoms with Crippen molar-refractivity contribution in [3.8, 4) is 0 Å². The molecular weight excluding hydrogens is 241 g/mol. The van der Waals surface area contributed by atoms with Gasteiger partial charge in [0.1, 0.15) is 11.6 Å². The van der Waals surface area contributed by atoms with Crippen LogP contribution in [0.2, 0.25) is 0 Å². The smallest absolute Gasteiger partial charge is 0.125 e. The van der Waals surface area contributed by atoms with Gasteiger partial charge >= 0.3 is 0 Å². The van der Waals surface area contributed by atoms with Crippen molar-refractivity contribution in [3.63, 3.8) is 0 Å². The van der Waals surface area contributed by atoms with Crippen LogP contribution in [0.1, 0.15) is 39.4 Å². The van der Waals surface area contributed by atoms with Gasteiger partial charge in [-0.05, 0) is 31.0 Å². The Bertz CT molecular complexity index is 570. The number of nitrogens with zero attached hydrogens (tertiary/aromatic N) is 2. The van der Waals surface area contributed by atoms with Gasteiger partial charge in [-0.3, -0.25) is 0 Å². The maximum Gasteiger partial charge on any atom is 0.125 e. The van der Waals surface area contributed by atoms with E-state index >= 15 is 0 Å². The van der Waals surface area contributed by atoms with Gasteiger partial charge in [0.05, 0.1) is 11.0 Å². The van der Waals surface area contributed by atoms with Crippen LogP contribution in [-0.2, 0) is 12.0 Å². The number of aromatic nitrogens is 2. The number of rotatable bonds is 5. The molecule has 2 N–H and O–H groups in total. The van der Waals surface area contributed by atoms with Crippen LogP contribution in [0.25, 0.3) is 11.0 Å². The van der Waals surface area contributed by atoms with Gasteiger partial charge in [-0.15, -0.1) is 0 Å². The van der Waals surface area contributed by atoms with Crippen molar-refractivity contribution in [2.75, 3.05) is 6.54 Å². The van der Waals surface area contributed by atoms with Crippen LogP contribution in [0, 0.1) is 5.82 Å². The number of hydrogen-bond donors (Lipinski definition) is 1. The van der Waals surface area contributed by atoms with Gasteiger partial charge < -0.3 is 10.3 Å². The second-order valence-corrected chi connectivity index (χ2v) is 5.34. The second kappa shape index (κ2) is 5.29. The molecule has 0 fully saturated rings. The van der Waals surface area contributed by atoms with Gasteiger partial charge in [-0.1, -0.05) is 20.8 Å². The zero-order chi connectivity index (χ0) is 14.0. The van der Waals surface area contributed by atoms with Crippen LogP contribution in [0.4, 0.5) is 4.39 Å². The van der Waals surface area contributed by atoms with Crippen LogP contribution >= 0.6 is 0 Å². The first-order valence-electron chi connectivity index (χ1n) is 6.92. The summed E-state index contributed by atoms with van der Waals surface area (Å²) in [5.74, 6) is 0.752. The quantitative estimate of drug-likeness (QED) is 0.900. The van der Waals surface area contributed by atoms with E-state index < -0.39 is 0 Å². The van der Waals surface area contributed by atoms with Crippen molar-refractivity contribution in [3.05, 3.63) is 29.8 Å². The average molecular weight is 263 g/mol. The number of benzene rings is 1. The lowest BCUT2D eigenvalue weighted by molar-refractivity contribution is 0.416. The normalized spacial score (nSPS) is 14.8. The molecule has 1 atom stereocenters. The van der Waals surface area contributed by atoms with Crippen LogP contribution in [-0.4, -0.2) is 16.1 Å². The molecule has 1 heterocycles. The number of halogens is 1. The van der Waals surface area contributed by atoms with Crippen molar-refractivity contribution in [2.45, 2.75) is 45.6 Å². The van der Waals surface area contributed by atoms with E-state index in [4.69, 9.17) is 10.7 Å². The molecule has 0 amide bonds. The van der Waals surface area contributed by atoms with E-state index in [9.17, 15) is 4.39 Å². The minimum Gasteiger partial charge on any atom is -0.329 e. The van der Waals surface area contributed by atoms with Gasteiger partial charge in [0.15, 0.2) is 0 Å². The van der Waals surface area contributed by atoms with Gasteiger partial charge in [0, 0.05) is 18.5 Å². The van der Waals surface area contributed by atoms with E-state index in [1.165, 1.54) is 6.07 Å². The van der Waals surface area contributed by atoms with Crippen LogP contribution in [0.5, 0.6) is 0 Å². The lowest BCUT2D eigenvalue weighted by atomic mass is 9.86. The molecule has 2 rings (SSSR count). The van der Waals surface area contributed by atoms with Crippen LogP contribution < -0.4 is 5.73 Å². The molecule has 1 unspecified atom stereocenters. The van der Waals surface area contributed by atoms with E-state index in [0.29, 0.717) is 6.54 Å². The predicted octanol–water partition coefficient (Wildman–Crippen LogP) is 3.21. The number of imidazole rings is 1. The Morgan fingerprint density at radius 3 is 2.68 bits per heavy atom. The summed E-state index contributed by atoms with van der Waals surface area (Å²) in [4.78, 5) is 4.70. The Morgan fingerprint density at radius 2 is 2.11 bits per heavy atom. The zero-order valence-electron chi connectivity index (χ0n) is 11.9. The molecule has 19 heavy (non-hydrogen) atoms. The van der Waals surface area contributed by atoms with Gasteiger partial charge in [0.25, 0.3) is 0 Å². The van der Waals surface area contributed by atoms with Gasteiger partial charge in [0.2, 0.25) is 0 Å². The fourth-order valence-corrected chi connectivity index (χ4v) is 2.40. The summed E-state index contributed by atoms with van der Waals surface area (Å²) in [5, 5.41) is 0.